The van der Waals surface area contributed by atoms with E-state index in [1.165, 1.54) is 0 Å². The minimum absolute atomic E-state index is 0.402. The fraction of sp³-hybridized carbons (Fsp3) is 0.333. The topological polar surface area (TPSA) is 96.4 Å². The highest BCUT2D eigenvalue weighted by Gasteiger charge is 2.24. The Bertz CT molecular complexity index is 341. The van der Waals surface area contributed by atoms with E-state index in [-0.39, 0.29) is 0 Å². The first kappa shape index (κ1) is 10.6. The Morgan fingerprint density at radius 1 is 1.57 bits per heavy atom. The second-order valence-corrected chi connectivity index (χ2v) is 2.97. The molecular formula is C9H12N2O3. The SMILES string of the molecule is Cc1ncccc1C(O)C(O)C(N)=O. The van der Waals surface area contributed by atoms with Crippen LogP contribution in [-0.2, 0) is 4.79 Å². The van der Waals surface area contributed by atoms with Crippen molar-refractivity contribution in [2.45, 2.75) is 19.1 Å². The van der Waals surface area contributed by atoms with Crippen molar-refractivity contribution in [3.05, 3.63) is 29.6 Å². The predicted molar refractivity (Wildman–Crippen MR) is 49.1 cm³/mol. The lowest BCUT2D eigenvalue weighted by atomic mass is 10.0. The smallest absolute Gasteiger partial charge is 0.249 e. The molecule has 0 aliphatic rings. The van der Waals surface area contributed by atoms with Crippen LogP contribution in [0.3, 0.4) is 0 Å². The maximum Gasteiger partial charge on any atom is 0.249 e. The number of carbonyl (C=O) groups excluding carboxylic acids is 1. The van der Waals surface area contributed by atoms with Crippen molar-refractivity contribution in [3.8, 4) is 0 Å². The first-order valence-electron chi connectivity index (χ1n) is 4.11. The number of aryl methyl sites for hydroxylation is 1. The summed E-state index contributed by atoms with van der Waals surface area (Å²) in [4.78, 5) is 14.5. The maximum absolute atomic E-state index is 10.6. The summed E-state index contributed by atoms with van der Waals surface area (Å²) in [5, 5.41) is 18.8. The second kappa shape index (κ2) is 4.17. The summed E-state index contributed by atoms with van der Waals surface area (Å²) in [6, 6.07) is 3.19. The quantitative estimate of drug-likeness (QED) is 0.593. The lowest BCUT2D eigenvalue weighted by molar-refractivity contribution is -0.132. The largest absolute Gasteiger partial charge is 0.385 e. The van der Waals surface area contributed by atoms with Crippen molar-refractivity contribution in [2.75, 3.05) is 0 Å². The van der Waals surface area contributed by atoms with Gasteiger partial charge in [-0.15, -0.1) is 0 Å². The van der Waals surface area contributed by atoms with Gasteiger partial charge in [0.05, 0.1) is 0 Å². The molecule has 0 radical (unpaired) electrons. The molecule has 0 aliphatic heterocycles. The summed E-state index contributed by atoms with van der Waals surface area (Å²) in [6.45, 7) is 1.67. The molecular weight excluding hydrogens is 184 g/mol. The number of nitrogens with zero attached hydrogens (tertiary/aromatic N) is 1. The van der Waals surface area contributed by atoms with Gasteiger partial charge in [0, 0.05) is 17.5 Å². The molecule has 0 bridgehead atoms. The monoisotopic (exact) mass is 196 g/mol. The summed E-state index contributed by atoms with van der Waals surface area (Å²) in [6.07, 6.45) is -1.36. The lowest BCUT2D eigenvalue weighted by Gasteiger charge is -2.16. The number of aliphatic hydroxyl groups excluding tert-OH is 2. The van der Waals surface area contributed by atoms with Crippen LogP contribution in [0.2, 0.25) is 0 Å². The summed E-state index contributed by atoms with van der Waals surface area (Å²) in [5.41, 5.74) is 5.81. The molecule has 0 spiro atoms. The molecule has 4 N–H and O–H groups in total. The molecule has 2 atom stereocenters. The summed E-state index contributed by atoms with van der Waals surface area (Å²) >= 11 is 0. The zero-order valence-corrected chi connectivity index (χ0v) is 7.71. The number of rotatable bonds is 3. The molecule has 5 heteroatoms. The molecule has 0 aliphatic carbocycles. The lowest BCUT2D eigenvalue weighted by Crippen LogP contribution is -2.34. The van der Waals surface area contributed by atoms with Crippen molar-refractivity contribution < 1.29 is 15.0 Å². The van der Waals surface area contributed by atoms with Crippen molar-refractivity contribution >= 4 is 5.91 Å². The van der Waals surface area contributed by atoms with Gasteiger partial charge in [0.25, 0.3) is 0 Å². The molecule has 2 unspecified atom stereocenters. The number of aromatic nitrogens is 1. The normalized spacial score (nSPS) is 14.8. The molecule has 14 heavy (non-hydrogen) atoms. The Kier molecular flexibility index (Phi) is 3.16. The van der Waals surface area contributed by atoms with Crippen LogP contribution in [0.1, 0.15) is 17.4 Å². The van der Waals surface area contributed by atoms with Gasteiger partial charge in [0.15, 0.2) is 6.10 Å². The fourth-order valence-corrected chi connectivity index (χ4v) is 1.13. The Labute approximate surface area is 81.2 Å². The molecule has 1 amide bonds. The van der Waals surface area contributed by atoms with Crippen LogP contribution in [0.5, 0.6) is 0 Å². The number of carbonyl (C=O) groups is 1. The van der Waals surface area contributed by atoms with E-state index in [0.717, 1.165) is 0 Å². The van der Waals surface area contributed by atoms with Gasteiger partial charge in [0.2, 0.25) is 5.91 Å². The summed E-state index contributed by atoms with van der Waals surface area (Å²) in [7, 11) is 0. The standard InChI is InChI=1S/C9H12N2O3/c1-5-6(3-2-4-11-5)7(12)8(13)9(10)14/h2-4,7-8,12-13H,1H3,(H2,10,14). The maximum atomic E-state index is 10.6. The van der Waals surface area contributed by atoms with E-state index in [1.807, 2.05) is 0 Å². The van der Waals surface area contributed by atoms with Crippen molar-refractivity contribution in [2.24, 2.45) is 5.73 Å². The average Bonchev–Trinajstić information content (AvgIpc) is 2.16. The number of amides is 1. The van der Waals surface area contributed by atoms with E-state index >= 15 is 0 Å². The highest BCUT2D eigenvalue weighted by Crippen LogP contribution is 2.18. The van der Waals surface area contributed by atoms with Crippen LogP contribution in [0.25, 0.3) is 0 Å². The highest BCUT2D eigenvalue weighted by molar-refractivity contribution is 5.79. The van der Waals surface area contributed by atoms with Crippen molar-refractivity contribution in [1.29, 1.82) is 0 Å². The fourth-order valence-electron chi connectivity index (χ4n) is 1.13. The van der Waals surface area contributed by atoms with Gasteiger partial charge in [-0.2, -0.15) is 0 Å². The molecule has 1 aromatic heterocycles. The molecule has 0 aromatic carbocycles. The highest BCUT2D eigenvalue weighted by atomic mass is 16.3. The van der Waals surface area contributed by atoms with E-state index in [2.05, 4.69) is 4.98 Å². The van der Waals surface area contributed by atoms with Crippen LogP contribution >= 0.6 is 0 Å². The molecule has 1 aromatic rings. The average molecular weight is 196 g/mol. The Balaban J connectivity index is 2.94. The number of aliphatic hydroxyl groups is 2. The summed E-state index contributed by atoms with van der Waals surface area (Å²) < 4.78 is 0. The van der Waals surface area contributed by atoms with Gasteiger partial charge < -0.3 is 15.9 Å². The second-order valence-electron chi connectivity index (χ2n) is 2.97. The number of nitrogens with two attached hydrogens (primary N) is 1. The van der Waals surface area contributed by atoms with E-state index in [1.54, 1.807) is 25.3 Å². The minimum atomic E-state index is -1.60. The molecule has 5 nitrogen and oxygen atoms in total. The number of primary amides is 1. The van der Waals surface area contributed by atoms with E-state index in [0.29, 0.717) is 11.3 Å². The van der Waals surface area contributed by atoms with E-state index in [9.17, 15) is 15.0 Å². The molecule has 1 heterocycles. The number of hydrogen-bond donors (Lipinski definition) is 3. The third-order valence-electron chi connectivity index (χ3n) is 1.96. The van der Waals surface area contributed by atoms with Crippen molar-refractivity contribution in [3.63, 3.8) is 0 Å². The minimum Gasteiger partial charge on any atom is -0.385 e. The third kappa shape index (κ3) is 2.07. The predicted octanol–water partition coefficient (Wildman–Crippen LogP) is -0.730. The van der Waals surface area contributed by atoms with Gasteiger partial charge in [-0.1, -0.05) is 6.07 Å². The van der Waals surface area contributed by atoms with Crippen LogP contribution < -0.4 is 5.73 Å². The molecule has 0 saturated carbocycles. The first-order chi connectivity index (χ1) is 6.54. The molecule has 0 saturated heterocycles. The number of pyridine rings is 1. The zero-order valence-electron chi connectivity index (χ0n) is 7.71. The molecule has 0 fully saturated rings. The Morgan fingerprint density at radius 2 is 2.21 bits per heavy atom. The van der Waals surface area contributed by atoms with Crippen LogP contribution in [0, 0.1) is 6.92 Å². The van der Waals surface area contributed by atoms with E-state index in [4.69, 9.17) is 5.73 Å². The third-order valence-corrected chi connectivity index (χ3v) is 1.96. The van der Waals surface area contributed by atoms with Gasteiger partial charge >= 0.3 is 0 Å². The van der Waals surface area contributed by atoms with E-state index < -0.39 is 18.1 Å². The van der Waals surface area contributed by atoms with Crippen LogP contribution in [0.15, 0.2) is 18.3 Å². The first-order valence-corrected chi connectivity index (χ1v) is 4.11. The van der Waals surface area contributed by atoms with Gasteiger partial charge in [0.1, 0.15) is 6.10 Å². The van der Waals surface area contributed by atoms with Gasteiger partial charge in [-0.05, 0) is 13.0 Å². The van der Waals surface area contributed by atoms with Crippen molar-refractivity contribution in [1.82, 2.24) is 4.98 Å². The van der Waals surface area contributed by atoms with Crippen LogP contribution in [0.4, 0.5) is 0 Å². The number of hydrogen-bond acceptors (Lipinski definition) is 4. The summed E-state index contributed by atoms with van der Waals surface area (Å²) in [5.74, 6) is -0.958. The van der Waals surface area contributed by atoms with Gasteiger partial charge in [-0.3, -0.25) is 9.78 Å². The molecule has 1 rings (SSSR count). The van der Waals surface area contributed by atoms with Gasteiger partial charge in [-0.25, -0.2) is 0 Å². The molecule has 76 valence electrons. The Hall–Kier alpha value is -1.46. The zero-order chi connectivity index (χ0) is 10.7. The Morgan fingerprint density at radius 3 is 2.71 bits per heavy atom. The van der Waals surface area contributed by atoms with Crippen LogP contribution in [-0.4, -0.2) is 27.2 Å².